The molecule has 72 valence electrons. The Morgan fingerprint density at radius 2 is 2.17 bits per heavy atom. The summed E-state index contributed by atoms with van der Waals surface area (Å²) < 4.78 is 0. The van der Waals surface area contributed by atoms with Crippen LogP contribution >= 0.6 is 0 Å². The van der Waals surface area contributed by atoms with Gasteiger partial charge in [0.05, 0.1) is 0 Å². The Labute approximate surface area is 73.9 Å². The topological polar surface area (TPSA) is 67.5 Å². The molecule has 0 aliphatic rings. The molecule has 0 aromatic heterocycles. The summed E-state index contributed by atoms with van der Waals surface area (Å²) in [5.74, 6) is 0. The second kappa shape index (κ2) is 5.22. The van der Waals surface area contributed by atoms with Crippen LogP contribution in [0.15, 0.2) is 5.18 Å². The van der Waals surface area contributed by atoms with E-state index in [-0.39, 0.29) is 11.6 Å². The van der Waals surface area contributed by atoms with E-state index in [1.807, 2.05) is 20.8 Å². The van der Waals surface area contributed by atoms with Crippen molar-refractivity contribution in [1.82, 2.24) is 5.32 Å². The molecule has 0 rings (SSSR count). The van der Waals surface area contributed by atoms with E-state index in [1.54, 1.807) is 0 Å². The molecule has 0 saturated heterocycles. The van der Waals surface area contributed by atoms with E-state index in [0.29, 0.717) is 6.54 Å². The zero-order valence-corrected chi connectivity index (χ0v) is 8.13. The SMILES string of the molecule is CC(N=O)C(C)(C)NCCCN. The first-order chi connectivity index (χ1) is 5.54. The fourth-order valence-corrected chi connectivity index (χ4v) is 0.792. The van der Waals surface area contributed by atoms with Gasteiger partial charge in [0.1, 0.15) is 6.04 Å². The lowest BCUT2D eigenvalue weighted by molar-refractivity contribution is 0.333. The molecule has 12 heavy (non-hydrogen) atoms. The van der Waals surface area contributed by atoms with Crippen molar-refractivity contribution in [3.63, 3.8) is 0 Å². The molecule has 0 aromatic carbocycles. The molecule has 1 unspecified atom stereocenters. The normalized spacial score (nSPS) is 14.3. The number of hydrogen-bond donors (Lipinski definition) is 2. The summed E-state index contributed by atoms with van der Waals surface area (Å²) in [5.41, 5.74) is 5.12. The molecule has 1 atom stereocenters. The molecule has 0 fully saturated rings. The highest BCUT2D eigenvalue weighted by atomic mass is 16.3. The molecule has 0 bridgehead atoms. The van der Waals surface area contributed by atoms with E-state index in [2.05, 4.69) is 10.5 Å². The summed E-state index contributed by atoms with van der Waals surface area (Å²) in [7, 11) is 0. The minimum absolute atomic E-state index is 0.213. The van der Waals surface area contributed by atoms with Gasteiger partial charge in [-0.3, -0.25) is 0 Å². The molecule has 0 radical (unpaired) electrons. The van der Waals surface area contributed by atoms with Crippen LogP contribution in [0.5, 0.6) is 0 Å². The monoisotopic (exact) mass is 173 g/mol. The Kier molecular flexibility index (Phi) is 5.01. The predicted octanol–water partition coefficient (Wildman–Crippen LogP) is 0.858. The van der Waals surface area contributed by atoms with Gasteiger partial charge in [-0.25, -0.2) is 0 Å². The van der Waals surface area contributed by atoms with Crippen molar-refractivity contribution >= 4 is 0 Å². The van der Waals surface area contributed by atoms with Crippen LogP contribution in [0.3, 0.4) is 0 Å². The third kappa shape index (κ3) is 3.78. The van der Waals surface area contributed by atoms with E-state index >= 15 is 0 Å². The molecule has 0 amide bonds. The van der Waals surface area contributed by atoms with Crippen molar-refractivity contribution < 1.29 is 0 Å². The third-order valence-corrected chi connectivity index (χ3v) is 2.16. The summed E-state index contributed by atoms with van der Waals surface area (Å²) >= 11 is 0. The minimum atomic E-state index is -0.225. The summed E-state index contributed by atoms with van der Waals surface area (Å²) in [4.78, 5) is 10.3. The van der Waals surface area contributed by atoms with E-state index < -0.39 is 0 Å². The zero-order valence-electron chi connectivity index (χ0n) is 8.13. The molecule has 0 spiro atoms. The molecular formula is C8H19N3O. The van der Waals surface area contributed by atoms with Gasteiger partial charge in [-0.05, 0) is 40.3 Å². The zero-order chi connectivity index (χ0) is 9.61. The molecule has 0 aromatic rings. The summed E-state index contributed by atoms with van der Waals surface area (Å²) in [6.45, 7) is 7.25. The standard InChI is InChI=1S/C8H19N3O/c1-7(11-12)8(2,3)10-6-4-5-9/h7,10H,4-6,9H2,1-3H3. The van der Waals surface area contributed by atoms with Crippen molar-refractivity contribution in [2.24, 2.45) is 10.9 Å². The van der Waals surface area contributed by atoms with Crippen LogP contribution < -0.4 is 11.1 Å². The van der Waals surface area contributed by atoms with Crippen LogP contribution in [0.1, 0.15) is 27.2 Å². The van der Waals surface area contributed by atoms with Gasteiger partial charge in [-0.15, -0.1) is 0 Å². The Hall–Kier alpha value is -0.480. The lowest BCUT2D eigenvalue weighted by atomic mass is 9.97. The quantitative estimate of drug-likeness (QED) is 0.462. The molecule has 0 aliphatic heterocycles. The van der Waals surface area contributed by atoms with Gasteiger partial charge in [0, 0.05) is 5.54 Å². The van der Waals surface area contributed by atoms with Crippen LogP contribution in [-0.4, -0.2) is 24.7 Å². The smallest absolute Gasteiger partial charge is 0.107 e. The molecule has 3 N–H and O–H groups in total. The van der Waals surface area contributed by atoms with Crippen molar-refractivity contribution in [1.29, 1.82) is 0 Å². The summed E-state index contributed by atoms with van der Waals surface area (Å²) in [6.07, 6.45) is 0.926. The first-order valence-electron chi connectivity index (χ1n) is 4.32. The van der Waals surface area contributed by atoms with Gasteiger partial charge < -0.3 is 11.1 Å². The highest BCUT2D eigenvalue weighted by Gasteiger charge is 2.25. The Morgan fingerprint density at radius 1 is 1.58 bits per heavy atom. The van der Waals surface area contributed by atoms with Crippen LogP contribution in [0.4, 0.5) is 0 Å². The fourth-order valence-electron chi connectivity index (χ4n) is 0.792. The Balaban J connectivity index is 3.77. The van der Waals surface area contributed by atoms with E-state index in [4.69, 9.17) is 5.73 Å². The van der Waals surface area contributed by atoms with Gasteiger partial charge >= 0.3 is 0 Å². The Morgan fingerprint density at radius 3 is 2.58 bits per heavy atom. The maximum Gasteiger partial charge on any atom is 0.107 e. The first kappa shape index (κ1) is 11.5. The number of rotatable bonds is 6. The molecule has 4 nitrogen and oxygen atoms in total. The largest absolute Gasteiger partial charge is 0.330 e. The highest BCUT2D eigenvalue weighted by molar-refractivity contribution is 4.87. The number of nitrogens with zero attached hydrogens (tertiary/aromatic N) is 1. The predicted molar refractivity (Wildman–Crippen MR) is 51.0 cm³/mol. The van der Waals surface area contributed by atoms with Gasteiger partial charge in [0.25, 0.3) is 0 Å². The Bertz CT molecular complexity index is 136. The first-order valence-corrected chi connectivity index (χ1v) is 4.32. The molecule has 4 heteroatoms. The van der Waals surface area contributed by atoms with Crippen molar-refractivity contribution in [2.45, 2.75) is 38.8 Å². The van der Waals surface area contributed by atoms with Crippen LogP contribution in [-0.2, 0) is 0 Å². The summed E-state index contributed by atoms with van der Waals surface area (Å²) in [5, 5.41) is 6.23. The van der Waals surface area contributed by atoms with Gasteiger partial charge in [-0.2, -0.15) is 4.91 Å². The van der Waals surface area contributed by atoms with E-state index in [0.717, 1.165) is 13.0 Å². The average Bonchev–Trinajstić information content (AvgIpc) is 2.03. The van der Waals surface area contributed by atoms with Crippen LogP contribution in [0.2, 0.25) is 0 Å². The number of nitrogens with two attached hydrogens (primary N) is 1. The maximum atomic E-state index is 10.3. The molecule has 0 saturated carbocycles. The van der Waals surface area contributed by atoms with Crippen LogP contribution in [0.25, 0.3) is 0 Å². The van der Waals surface area contributed by atoms with E-state index in [1.165, 1.54) is 0 Å². The summed E-state index contributed by atoms with van der Waals surface area (Å²) in [6, 6.07) is -0.213. The second-order valence-corrected chi connectivity index (χ2v) is 3.57. The molecular weight excluding hydrogens is 154 g/mol. The van der Waals surface area contributed by atoms with Crippen molar-refractivity contribution in [3.05, 3.63) is 4.91 Å². The van der Waals surface area contributed by atoms with Crippen molar-refractivity contribution in [2.75, 3.05) is 13.1 Å². The fraction of sp³-hybridized carbons (Fsp3) is 1.00. The average molecular weight is 173 g/mol. The van der Waals surface area contributed by atoms with Gasteiger partial charge in [0.2, 0.25) is 0 Å². The lowest BCUT2D eigenvalue weighted by Crippen LogP contribution is -2.47. The maximum absolute atomic E-state index is 10.3. The highest BCUT2D eigenvalue weighted by Crippen LogP contribution is 2.11. The van der Waals surface area contributed by atoms with Gasteiger partial charge in [-0.1, -0.05) is 5.18 Å². The molecule has 0 heterocycles. The van der Waals surface area contributed by atoms with Crippen molar-refractivity contribution in [3.8, 4) is 0 Å². The minimum Gasteiger partial charge on any atom is -0.330 e. The van der Waals surface area contributed by atoms with Gasteiger partial charge in [0.15, 0.2) is 0 Å². The van der Waals surface area contributed by atoms with E-state index in [9.17, 15) is 4.91 Å². The number of nitrogens with one attached hydrogen (secondary N) is 1. The second-order valence-electron chi connectivity index (χ2n) is 3.57. The molecule has 0 aliphatic carbocycles. The number of hydrogen-bond acceptors (Lipinski definition) is 4. The number of nitroso groups, excluding NO2 is 1. The third-order valence-electron chi connectivity index (χ3n) is 2.16. The lowest BCUT2D eigenvalue weighted by Gasteiger charge is -2.28. The van der Waals surface area contributed by atoms with Crippen LogP contribution in [0, 0.1) is 4.91 Å².